The van der Waals surface area contributed by atoms with Crippen molar-refractivity contribution in [3.8, 4) is 0 Å². The van der Waals surface area contributed by atoms with Crippen LogP contribution in [0.3, 0.4) is 0 Å². The summed E-state index contributed by atoms with van der Waals surface area (Å²) in [6, 6.07) is 13.7. The summed E-state index contributed by atoms with van der Waals surface area (Å²) in [7, 11) is -0.473. The monoisotopic (exact) mass is 387 g/mol. The van der Waals surface area contributed by atoms with E-state index in [0.29, 0.717) is 11.3 Å². The van der Waals surface area contributed by atoms with E-state index in [1.807, 2.05) is 19.1 Å². The van der Waals surface area contributed by atoms with Gasteiger partial charge < -0.3 is 10.2 Å². The Morgan fingerprint density at radius 2 is 1.81 bits per heavy atom. The highest BCUT2D eigenvalue weighted by Crippen LogP contribution is 2.23. The minimum Gasteiger partial charge on any atom is -0.337 e. The van der Waals surface area contributed by atoms with Gasteiger partial charge in [0.25, 0.3) is 15.9 Å². The summed E-state index contributed by atoms with van der Waals surface area (Å²) in [6.45, 7) is 3.60. The number of hydrogen-bond donors (Lipinski definition) is 1. The Labute approximate surface area is 160 Å². The summed E-state index contributed by atoms with van der Waals surface area (Å²) in [6.07, 6.45) is 0.899. The number of likely N-dealkylation sites (N-methyl/N-ethyl adjacent to an activating group) is 1. The van der Waals surface area contributed by atoms with Crippen LogP contribution in [0.15, 0.2) is 53.4 Å². The van der Waals surface area contributed by atoms with Crippen LogP contribution < -0.4 is 9.62 Å². The standard InChI is InChI=1S/C20H25N3O3S/c1-15-7-9-17(10-8-15)23(3)27(25,26)19-6-4-5-16(13-19)20(24)22(2)18-11-12-21-14-18/h4-10,13,18,21H,11-12,14H2,1-3H3. The topological polar surface area (TPSA) is 69.7 Å². The van der Waals surface area contributed by atoms with E-state index in [1.165, 1.54) is 23.5 Å². The third-order valence-electron chi connectivity index (χ3n) is 5.04. The van der Waals surface area contributed by atoms with Crippen LogP contribution in [0, 0.1) is 6.92 Å². The molecule has 1 atom stereocenters. The Morgan fingerprint density at radius 3 is 2.44 bits per heavy atom. The van der Waals surface area contributed by atoms with Crippen molar-refractivity contribution in [2.45, 2.75) is 24.3 Å². The number of carbonyl (C=O) groups is 1. The highest BCUT2D eigenvalue weighted by atomic mass is 32.2. The molecular weight excluding hydrogens is 362 g/mol. The number of benzene rings is 2. The number of nitrogens with one attached hydrogen (secondary N) is 1. The molecule has 6 nitrogen and oxygen atoms in total. The first-order valence-corrected chi connectivity index (χ1v) is 10.4. The first-order chi connectivity index (χ1) is 12.8. The molecule has 1 unspecified atom stereocenters. The van der Waals surface area contributed by atoms with Gasteiger partial charge in [-0.1, -0.05) is 23.8 Å². The third-order valence-corrected chi connectivity index (χ3v) is 6.82. The molecule has 7 heteroatoms. The van der Waals surface area contributed by atoms with Gasteiger partial charge in [0.1, 0.15) is 0 Å². The predicted molar refractivity (Wildman–Crippen MR) is 107 cm³/mol. The van der Waals surface area contributed by atoms with Gasteiger partial charge in [0.15, 0.2) is 0 Å². The molecule has 1 fully saturated rings. The van der Waals surface area contributed by atoms with Crippen molar-refractivity contribution in [2.75, 3.05) is 31.5 Å². The van der Waals surface area contributed by atoms with Crippen LogP contribution in [-0.4, -0.2) is 52.5 Å². The zero-order valence-corrected chi connectivity index (χ0v) is 16.7. The zero-order chi connectivity index (χ0) is 19.6. The maximum atomic E-state index is 13.0. The van der Waals surface area contributed by atoms with E-state index in [1.54, 1.807) is 36.2 Å². The van der Waals surface area contributed by atoms with Crippen molar-refractivity contribution in [1.82, 2.24) is 10.2 Å². The minimum atomic E-state index is -3.76. The average molecular weight is 388 g/mol. The smallest absolute Gasteiger partial charge is 0.264 e. The second-order valence-corrected chi connectivity index (χ2v) is 8.87. The molecule has 0 bridgehead atoms. The zero-order valence-electron chi connectivity index (χ0n) is 15.8. The van der Waals surface area contributed by atoms with Crippen LogP contribution in [-0.2, 0) is 10.0 Å². The number of sulfonamides is 1. The molecule has 1 saturated heterocycles. The molecule has 1 aliphatic rings. The van der Waals surface area contributed by atoms with E-state index >= 15 is 0 Å². The molecule has 144 valence electrons. The lowest BCUT2D eigenvalue weighted by Crippen LogP contribution is -2.38. The van der Waals surface area contributed by atoms with Crippen molar-refractivity contribution in [1.29, 1.82) is 0 Å². The Kier molecular flexibility index (Phi) is 5.53. The normalized spacial score (nSPS) is 16.9. The van der Waals surface area contributed by atoms with Crippen molar-refractivity contribution in [2.24, 2.45) is 0 Å². The Morgan fingerprint density at radius 1 is 1.11 bits per heavy atom. The summed E-state index contributed by atoms with van der Waals surface area (Å²) in [5.74, 6) is -0.168. The molecule has 1 heterocycles. The number of nitrogens with zero attached hydrogens (tertiary/aromatic N) is 2. The lowest BCUT2D eigenvalue weighted by molar-refractivity contribution is 0.0743. The van der Waals surface area contributed by atoms with Gasteiger partial charge in [0, 0.05) is 32.2 Å². The molecule has 1 amide bonds. The van der Waals surface area contributed by atoms with Crippen molar-refractivity contribution >= 4 is 21.6 Å². The number of anilines is 1. The number of amides is 1. The summed E-state index contributed by atoms with van der Waals surface area (Å²) < 4.78 is 27.3. The van der Waals surface area contributed by atoms with E-state index in [2.05, 4.69) is 5.32 Å². The van der Waals surface area contributed by atoms with Gasteiger partial charge in [-0.3, -0.25) is 9.10 Å². The second kappa shape index (κ2) is 7.70. The number of hydrogen-bond acceptors (Lipinski definition) is 4. The fourth-order valence-electron chi connectivity index (χ4n) is 3.18. The van der Waals surface area contributed by atoms with Crippen LogP contribution in [0.25, 0.3) is 0 Å². The highest BCUT2D eigenvalue weighted by molar-refractivity contribution is 7.92. The summed E-state index contributed by atoms with van der Waals surface area (Å²) in [5, 5.41) is 3.24. The molecule has 0 saturated carbocycles. The molecule has 2 aromatic rings. The molecule has 1 aliphatic heterocycles. The molecule has 0 aromatic heterocycles. The number of rotatable bonds is 5. The number of carbonyl (C=O) groups excluding carboxylic acids is 1. The molecule has 1 N–H and O–H groups in total. The molecule has 3 rings (SSSR count). The fraction of sp³-hybridized carbons (Fsp3) is 0.350. The van der Waals surface area contributed by atoms with Crippen molar-refractivity contribution in [3.05, 3.63) is 59.7 Å². The SMILES string of the molecule is Cc1ccc(N(C)S(=O)(=O)c2cccc(C(=O)N(C)C3CCNC3)c2)cc1. The summed E-state index contributed by atoms with van der Waals surface area (Å²) >= 11 is 0. The van der Waals surface area contributed by atoms with Crippen LogP contribution in [0.4, 0.5) is 5.69 Å². The Hall–Kier alpha value is -2.38. The first-order valence-electron chi connectivity index (χ1n) is 8.94. The average Bonchev–Trinajstić information content (AvgIpc) is 3.21. The lowest BCUT2D eigenvalue weighted by Gasteiger charge is -2.24. The number of aryl methyl sites for hydroxylation is 1. The predicted octanol–water partition coefficient (Wildman–Crippen LogP) is 2.25. The van der Waals surface area contributed by atoms with Crippen LogP contribution in [0.1, 0.15) is 22.3 Å². The quantitative estimate of drug-likeness (QED) is 0.854. The molecule has 0 aliphatic carbocycles. The van der Waals surface area contributed by atoms with Gasteiger partial charge in [-0.15, -0.1) is 0 Å². The summed E-state index contributed by atoms with van der Waals surface area (Å²) in [4.78, 5) is 14.6. The molecule has 27 heavy (non-hydrogen) atoms. The van der Waals surface area contributed by atoms with Gasteiger partial charge in [-0.2, -0.15) is 0 Å². The largest absolute Gasteiger partial charge is 0.337 e. The van der Waals surface area contributed by atoms with Gasteiger partial charge >= 0.3 is 0 Å². The maximum Gasteiger partial charge on any atom is 0.264 e. The third kappa shape index (κ3) is 3.99. The van der Waals surface area contributed by atoms with Crippen molar-refractivity contribution < 1.29 is 13.2 Å². The van der Waals surface area contributed by atoms with E-state index in [9.17, 15) is 13.2 Å². The van der Waals surface area contributed by atoms with E-state index < -0.39 is 10.0 Å². The van der Waals surface area contributed by atoms with Gasteiger partial charge in [-0.05, 0) is 50.2 Å². The second-order valence-electron chi connectivity index (χ2n) is 6.90. The lowest BCUT2D eigenvalue weighted by atomic mass is 10.1. The molecule has 0 radical (unpaired) electrons. The fourth-order valence-corrected chi connectivity index (χ4v) is 4.42. The van der Waals surface area contributed by atoms with Crippen LogP contribution in [0.2, 0.25) is 0 Å². The minimum absolute atomic E-state index is 0.106. The molecule has 0 spiro atoms. The maximum absolute atomic E-state index is 13.0. The van der Waals surface area contributed by atoms with E-state index in [4.69, 9.17) is 0 Å². The Balaban J connectivity index is 1.87. The van der Waals surface area contributed by atoms with Gasteiger partial charge in [0.2, 0.25) is 0 Å². The van der Waals surface area contributed by atoms with Crippen molar-refractivity contribution in [3.63, 3.8) is 0 Å². The van der Waals surface area contributed by atoms with E-state index in [-0.39, 0.29) is 16.8 Å². The Bertz CT molecular complexity index is 920. The van der Waals surface area contributed by atoms with Gasteiger partial charge in [0.05, 0.1) is 10.6 Å². The van der Waals surface area contributed by atoms with Crippen LogP contribution >= 0.6 is 0 Å². The van der Waals surface area contributed by atoms with Gasteiger partial charge in [-0.25, -0.2) is 8.42 Å². The van der Waals surface area contributed by atoms with E-state index in [0.717, 1.165) is 25.1 Å². The first kappa shape index (κ1) is 19.4. The summed E-state index contributed by atoms with van der Waals surface area (Å²) in [5.41, 5.74) is 2.01. The van der Waals surface area contributed by atoms with Crippen LogP contribution in [0.5, 0.6) is 0 Å². The molecule has 2 aromatic carbocycles. The highest BCUT2D eigenvalue weighted by Gasteiger charge is 2.26. The molecular formula is C20H25N3O3S.